The maximum absolute atomic E-state index is 13.5. The maximum atomic E-state index is 13.5. The molecule has 0 fully saturated rings. The van der Waals surface area contributed by atoms with Crippen LogP contribution in [0.15, 0.2) is 24.3 Å². The van der Waals surface area contributed by atoms with Crippen molar-refractivity contribution in [1.29, 1.82) is 0 Å². The zero-order chi connectivity index (χ0) is 19.8. The molecule has 0 aliphatic heterocycles. The Morgan fingerprint density at radius 3 is 2.42 bits per heavy atom. The Morgan fingerprint density at radius 1 is 1.08 bits per heavy atom. The number of hydrogen-bond donors (Lipinski definition) is 4. The third-order valence-corrected chi connectivity index (χ3v) is 3.80. The summed E-state index contributed by atoms with van der Waals surface area (Å²) in [5.74, 6) is 4.10. The molecular formula is C20H31FO5. The van der Waals surface area contributed by atoms with Crippen molar-refractivity contribution in [1.82, 2.24) is 0 Å². The summed E-state index contributed by atoms with van der Waals surface area (Å²) in [4.78, 5) is 10.4. The molecule has 0 radical (unpaired) electrons. The van der Waals surface area contributed by atoms with Gasteiger partial charge in [-0.3, -0.25) is 4.79 Å². The van der Waals surface area contributed by atoms with Crippen LogP contribution in [0, 0.1) is 11.8 Å². The topological polar surface area (TPSA) is 98.0 Å². The number of hydrogen-bond acceptors (Lipinski definition) is 4. The molecule has 5 nitrogen and oxygen atoms in total. The number of aliphatic carboxylic acids is 1. The minimum atomic E-state index is -1.32. The van der Waals surface area contributed by atoms with E-state index in [-0.39, 0.29) is 12.8 Å². The number of carboxylic acids is 1. The number of rotatable bonds is 13. The van der Waals surface area contributed by atoms with Gasteiger partial charge in [0, 0.05) is 6.42 Å². The number of carboxylic acid groups (broad SMARTS) is 1. The molecule has 0 amide bonds. The van der Waals surface area contributed by atoms with Crippen LogP contribution in [0.1, 0.15) is 58.3 Å². The summed E-state index contributed by atoms with van der Waals surface area (Å²) in [6, 6.07) is 0. The maximum Gasteiger partial charge on any atom is 0.303 e. The lowest BCUT2D eigenvalue weighted by Gasteiger charge is -2.16. The van der Waals surface area contributed by atoms with Crippen LogP contribution in [-0.2, 0) is 4.79 Å². The Bertz CT molecular complexity index is 492. The molecule has 4 atom stereocenters. The van der Waals surface area contributed by atoms with Gasteiger partial charge in [0.2, 0.25) is 0 Å². The van der Waals surface area contributed by atoms with Gasteiger partial charge < -0.3 is 20.4 Å². The third kappa shape index (κ3) is 13.6. The number of alkyl halides is 1. The van der Waals surface area contributed by atoms with Crippen LogP contribution in [-0.4, -0.2) is 50.9 Å². The second-order valence-electron chi connectivity index (χ2n) is 6.18. The average molecular weight is 370 g/mol. The SMILES string of the molecule is CCCC[C@H](F)[C@@H](O)C#C/C=C\C=C\CC[C@@H](O)[C@@H](O)CCCC(=O)O. The predicted octanol–water partition coefficient (Wildman–Crippen LogP) is 2.75. The van der Waals surface area contributed by atoms with E-state index in [0.29, 0.717) is 25.7 Å². The van der Waals surface area contributed by atoms with Gasteiger partial charge in [0.15, 0.2) is 0 Å². The largest absolute Gasteiger partial charge is 0.481 e. The number of unbranched alkanes of at least 4 members (excludes halogenated alkanes) is 1. The second-order valence-corrected chi connectivity index (χ2v) is 6.18. The highest BCUT2D eigenvalue weighted by Gasteiger charge is 2.15. The van der Waals surface area contributed by atoms with E-state index in [1.165, 1.54) is 6.08 Å². The van der Waals surface area contributed by atoms with E-state index in [1.807, 2.05) is 6.92 Å². The minimum absolute atomic E-state index is 0.0219. The van der Waals surface area contributed by atoms with E-state index in [1.54, 1.807) is 18.2 Å². The number of allylic oxidation sites excluding steroid dienone is 4. The number of aliphatic hydroxyl groups excluding tert-OH is 3. The summed E-state index contributed by atoms with van der Waals surface area (Å²) in [6.07, 6.45) is 5.62. The first-order chi connectivity index (χ1) is 12.4. The average Bonchev–Trinajstić information content (AvgIpc) is 2.60. The molecular weight excluding hydrogens is 339 g/mol. The normalized spacial score (nSPS) is 16.2. The molecule has 0 aliphatic rings. The molecule has 0 rings (SSSR count). The van der Waals surface area contributed by atoms with Crippen molar-refractivity contribution in [2.75, 3.05) is 0 Å². The molecule has 0 aromatic rings. The Morgan fingerprint density at radius 2 is 1.77 bits per heavy atom. The molecule has 0 aliphatic carbocycles. The fourth-order valence-electron chi connectivity index (χ4n) is 2.17. The monoisotopic (exact) mass is 370 g/mol. The summed E-state index contributed by atoms with van der Waals surface area (Å²) >= 11 is 0. The Kier molecular flexibility index (Phi) is 14.6. The Labute approximate surface area is 155 Å². The van der Waals surface area contributed by atoms with Crippen LogP contribution in [0.2, 0.25) is 0 Å². The summed E-state index contributed by atoms with van der Waals surface area (Å²) in [5, 5.41) is 37.5. The summed E-state index contributed by atoms with van der Waals surface area (Å²) in [6.45, 7) is 1.96. The van der Waals surface area contributed by atoms with Gasteiger partial charge in [-0.1, -0.05) is 49.8 Å². The molecule has 0 unspecified atom stereocenters. The van der Waals surface area contributed by atoms with Crippen molar-refractivity contribution >= 4 is 5.97 Å². The van der Waals surface area contributed by atoms with Crippen LogP contribution in [0.5, 0.6) is 0 Å². The Balaban J connectivity index is 3.97. The molecule has 0 spiro atoms. The van der Waals surface area contributed by atoms with Crippen molar-refractivity contribution < 1.29 is 29.6 Å². The summed E-state index contributed by atoms with van der Waals surface area (Å²) in [5.41, 5.74) is 0. The van der Waals surface area contributed by atoms with E-state index in [4.69, 9.17) is 5.11 Å². The van der Waals surface area contributed by atoms with E-state index in [0.717, 1.165) is 12.8 Å². The van der Waals surface area contributed by atoms with Gasteiger partial charge in [-0.05, 0) is 38.2 Å². The molecule has 0 aromatic carbocycles. The van der Waals surface area contributed by atoms with Gasteiger partial charge in [-0.25, -0.2) is 4.39 Å². The highest BCUT2D eigenvalue weighted by molar-refractivity contribution is 5.66. The molecule has 26 heavy (non-hydrogen) atoms. The molecule has 0 bridgehead atoms. The quantitative estimate of drug-likeness (QED) is 0.295. The van der Waals surface area contributed by atoms with Crippen LogP contribution >= 0.6 is 0 Å². The lowest BCUT2D eigenvalue weighted by atomic mass is 10.0. The van der Waals surface area contributed by atoms with Gasteiger partial charge in [-0.2, -0.15) is 0 Å². The smallest absolute Gasteiger partial charge is 0.303 e. The van der Waals surface area contributed by atoms with Gasteiger partial charge in [0.25, 0.3) is 0 Å². The minimum Gasteiger partial charge on any atom is -0.481 e. The molecule has 4 N–H and O–H groups in total. The van der Waals surface area contributed by atoms with Crippen molar-refractivity contribution in [2.24, 2.45) is 0 Å². The highest BCUT2D eigenvalue weighted by Crippen LogP contribution is 2.10. The van der Waals surface area contributed by atoms with Gasteiger partial charge in [0.1, 0.15) is 12.3 Å². The second kappa shape index (κ2) is 15.6. The standard InChI is InChI=1S/C20H31FO5/c1-2-3-11-16(21)17(22)12-8-6-4-5-7-9-13-18(23)19(24)14-10-15-20(25)26/h4-7,16-19,22-24H,2-3,9-11,13-15H2,1H3,(H,25,26)/b6-4-,7-5+/t16-,17-,18+,19-/m0/s1. The Hall–Kier alpha value is -1.68. The molecule has 6 heteroatoms. The van der Waals surface area contributed by atoms with E-state index in [2.05, 4.69) is 11.8 Å². The van der Waals surface area contributed by atoms with Crippen LogP contribution < -0.4 is 0 Å². The molecule has 148 valence electrons. The molecule has 0 aromatic heterocycles. The van der Waals surface area contributed by atoms with Gasteiger partial charge in [-0.15, -0.1) is 0 Å². The number of halogens is 1. The highest BCUT2D eigenvalue weighted by atomic mass is 19.1. The van der Waals surface area contributed by atoms with E-state index >= 15 is 0 Å². The third-order valence-electron chi connectivity index (χ3n) is 3.80. The van der Waals surface area contributed by atoms with Crippen molar-refractivity contribution in [3.8, 4) is 11.8 Å². The first-order valence-electron chi connectivity index (χ1n) is 9.11. The molecule has 0 heterocycles. The van der Waals surface area contributed by atoms with Gasteiger partial charge >= 0.3 is 5.97 Å². The van der Waals surface area contributed by atoms with Crippen LogP contribution in [0.25, 0.3) is 0 Å². The van der Waals surface area contributed by atoms with Crippen molar-refractivity contribution in [3.05, 3.63) is 24.3 Å². The van der Waals surface area contributed by atoms with E-state index < -0.39 is 30.5 Å². The lowest BCUT2D eigenvalue weighted by Crippen LogP contribution is -2.25. The zero-order valence-electron chi connectivity index (χ0n) is 15.4. The molecule has 0 saturated heterocycles. The first-order valence-corrected chi connectivity index (χ1v) is 9.11. The van der Waals surface area contributed by atoms with E-state index in [9.17, 15) is 24.5 Å². The summed E-state index contributed by atoms with van der Waals surface area (Å²) < 4.78 is 13.5. The fraction of sp³-hybridized carbons (Fsp3) is 0.650. The van der Waals surface area contributed by atoms with Gasteiger partial charge in [0.05, 0.1) is 12.2 Å². The lowest BCUT2D eigenvalue weighted by molar-refractivity contribution is -0.137. The predicted molar refractivity (Wildman–Crippen MR) is 99.2 cm³/mol. The number of carbonyl (C=O) groups is 1. The fourth-order valence-corrected chi connectivity index (χ4v) is 2.17. The van der Waals surface area contributed by atoms with Crippen LogP contribution in [0.3, 0.4) is 0 Å². The zero-order valence-corrected chi connectivity index (χ0v) is 15.4. The summed E-state index contributed by atoms with van der Waals surface area (Å²) in [7, 11) is 0. The van der Waals surface area contributed by atoms with Crippen molar-refractivity contribution in [2.45, 2.75) is 82.8 Å². The number of aliphatic hydroxyl groups is 3. The van der Waals surface area contributed by atoms with Crippen molar-refractivity contribution in [3.63, 3.8) is 0 Å². The first kappa shape index (κ1) is 24.3. The van der Waals surface area contributed by atoms with Crippen LogP contribution in [0.4, 0.5) is 4.39 Å². The molecule has 0 saturated carbocycles.